The van der Waals surface area contributed by atoms with E-state index in [4.69, 9.17) is 0 Å². The van der Waals surface area contributed by atoms with Crippen LogP contribution < -0.4 is 9.80 Å². The van der Waals surface area contributed by atoms with Crippen LogP contribution in [0.3, 0.4) is 0 Å². The first-order chi connectivity index (χ1) is 27.8. The molecule has 0 heterocycles. The number of rotatable bonds is 7. The molecule has 0 N–H and O–H groups in total. The number of fused-ring (bicyclic) bond motifs is 3. The molecule has 0 spiro atoms. The number of benzene rings is 10. The molecule has 10 aromatic rings. The van der Waals surface area contributed by atoms with Crippen molar-refractivity contribution >= 4 is 66.4 Å². The lowest BCUT2D eigenvalue weighted by Crippen LogP contribution is -2.10. The zero-order chi connectivity index (χ0) is 37.5. The SMILES string of the molecule is c1ccc(N(c2ccc(-c3ccc(N(c4ccccc4)c4cccc5ccccc45)cc3)cc2)c2cccc3ccccc23)cc1.c1ccc2ccccc2c1. The fraction of sp³-hybridized carbons (Fsp3) is 0. The Balaban J connectivity index is 0.000000355. The van der Waals surface area contributed by atoms with E-state index in [1.807, 2.05) is 0 Å². The van der Waals surface area contributed by atoms with Gasteiger partial charge in [0.1, 0.15) is 0 Å². The molecule has 266 valence electrons. The largest absolute Gasteiger partial charge is 0.310 e. The monoisotopic (exact) mass is 716 g/mol. The van der Waals surface area contributed by atoms with Crippen LogP contribution in [0.25, 0.3) is 43.4 Å². The van der Waals surface area contributed by atoms with Crippen molar-refractivity contribution in [3.63, 3.8) is 0 Å². The van der Waals surface area contributed by atoms with Crippen LogP contribution in [0.4, 0.5) is 34.1 Å². The van der Waals surface area contributed by atoms with Crippen molar-refractivity contribution in [2.45, 2.75) is 0 Å². The smallest absolute Gasteiger partial charge is 0.0540 e. The zero-order valence-electron chi connectivity index (χ0n) is 31.0. The fourth-order valence-corrected chi connectivity index (χ4v) is 7.55. The van der Waals surface area contributed by atoms with E-state index in [0.717, 1.165) is 34.1 Å². The summed E-state index contributed by atoms with van der Waals surface area (Å²) in [6.07, 6.45) is 0. The maximum atomic E-state index is 2.34. The van der Waals surface area contributed by atoms with Gasteiger partial charge in [-0.3, -0.25) is 0 Å². The van der Waals surface area contributed by atoms with Gasteiger partial charge in [0.05, 0.1) is 11.4 Å². The molecule has 0 aliphatic heterocycles. The summed E-state index contributed by atoms with van der Waals surface area (Å²) in [5.74, 6) is 0. The van der Waals surface area contributed by atoms with Gasteiger partial charge in [-0.05, 0) is 93.3 Å². The first kappa shape index (κ1) is 34.4. The van der Waals surface area contributed by atoms with Gasteiger partial charge in [0.15, 0.2) is 0 Å². The molecule has 10 aromatic carbocycles. The van der Waals surface area contributed by atoms with E-state index in [1.54, 1.807) is 0 Å². The van der Waals surface area contributed by atoms with Gasteiger partial charge in [-0.15, -0.1) is 0 Å². The molecule has 2 heteroatoms. The molecule has 0 aliphatic rings. The Morgan fingerprint density at radius 2 is 0.482 bits per heavy atom. The van der Waals surface area contributed by atoms with Gasteiger partial charge in [0.2, 0.25) is 0 Å². The molecule has 0 atom stereocenters. The van der Waals surface area contributed by atoms with Crippen molar-refractivity contribution in [3.05, 3.63) is 243 Å². The van der Waals surface area contributed by atoms with E-state index in [9.17, 15) is 0 Å². The molecule has 0 bridgehead atoms. The van der Waals surface area contributed by atoms with Crippen molar-refractivity contribution < 1.29 is 0 Å². The summed E-state index contributed by atoms with van der Waals surface area (Å²) in [4.78, 5) is 4.69. The minimum atomic E-state index is 1.12. The molecule has 0 aliphatic carbocycles. The Morgan fingerprint density at radius 1 is 0.196 bits per heavy atom. The van der Waals surface area contributed by atoms with Crippen LogP contribution >= 0.6 is 0 Å². The van der Waals surface area contributed by atoms with Crippen molar-refractivity contribution in [3.8, 4) is 11.1 Å². The Morgan fingerprint density at radius 3 is 0.857 bits per heavy atom. The summed E-state index contributed by atoms with van der Waals surface area (Å²) in [6.45, 7) is 0. The third kappa shape index (κ3) is 7.12. The summed E-state index contributed by atoms with van der Waals surface area (Å²) in [6, 6.07) is 85.9. The van der Waals surface area contributed by atoms with Gasteiger partial charge < -0.3 is 9.80 Å². The quantitative estimate of drug-likeness (QED) is 0.162. The van der Waals surface area contributed by atoms with Crippen LogP contribution in [0.5, 0.6) is 0 Å². The average molecular weight is 717 g/mol. The normalized spacial score (nSPS) is 10.9. The van der Waals surface area contributed by atoms with Gasteiger partial charge in [0.25, 0.3) is 0 Å². The highest BCUT2D eigenvalue weighted by atomic mass is 15.1. The van der Waals surface area contributed by atoms with E-state index in [2.05, 4.69) is 252 Å². The van der Waals surface area contributed by atoms with Crippen LogP contribution in [0.15, 0.2) is 243 Å². The van der Waals surface area contributed by atoms with Gasteiger partial charge >= 0.3 is 0 Å². The second kappa shape index (κ2) is 15.9. The standard InChI is InChI=1S/C44H32N2.C10H8/c1-3-17-37(18-4-1)45(43-23-11-15-35-13-7-9-21-41(35)43)39-29-25-33(26-30-39)34-27-31-40(32-28-34)46(38-19-5-2-6-20-38)44-24-12-16-36-14-8-10-22-42(36)44;1-2-6-10-8-4-3-7-9(10)5-1/h1-32H;1-8H. The number of nitrogens with zero attached hydrogens (tertiary/aromatic N) is 2. The lowest BCUT2D eigenvalue weighted by molar-refractivity contribution is 1.29. The van der Waals surface area contributed by atoms with Gasteiger partial charge in [-0.25, -0.2) is 0 Å². The molecule has 0 fully saturated rings. The predicted molar refractivity (Wildman–Crippen MR) is 240 cm³/mol. The molecule has 56 heavy (non-hydrogen) atoms. The number of hydrogen-bond donors (Lipinski definition) is 0. The third-order valence-electron chi connectivity index (χ3n) is 10.3. The molecular formula is C54H40N2. The topological polar surface area (TPSA) is 6.48 Å². The highest BCUT2D eigenvalue weighted by Crippen LogP contribution is 2.41. The second-order valence-electron chi connectivity index (χ2n) is 13.8. The lowest BCUT2D eigenvalue weighted by Gasteiger charge is -2.27. The minimum absolute atomic E-state index is 1.12. The molecule has 0 saturated heterocycles. The number of hydrogen-bond acceptors (Lipinski definition) is 2. The Hall–Kier alpha value is -7.42. The van der Waals surface area contributed by atoms with Gasteiger partial charge in [0, 0.05) is 33.5 Å². The summed E-state index contributed by atoms with van der Waals surface area (Å²) in [5, 5.41) is 7.52. The summed E-state index contributed by atoms with van der Waals surface area (Å²) >= 11 is 0. The van der Waals surface area contributed by atoms with Crippen molar-refractivity contribution in [1.82, 2.24) is 0 Å². The molecular weight excluding hydrogens is 677 g/mol. The number of para-hydroxylation sites is 2. The maximum Gasteiger partial charge on any atom is 0.0540 e. The molecule has 10 rings (SSSR count). The van der Waals surface area contributed by atoms with Gasteiger partial charge in [-0.1, -0.05) is 182 Å². The fourth-order valence-electron chi connectivity index (χ4n) is 7.55. The third-order valence-corrected chi connectivity index (χ3v) is 10.3. The summed E-state index contributed by atoms with van der Waals surface area (Å²) < 4.78 is 0. The van der Waals surface area contributed by atoms with Crippen molar-refractivity contribution in [2.75, 3.05) is 9.80 Å². The van der Waals surface area contributed by atoms with E-state index in [1.165, 1.54) is 43.4 Å². The van der Waals surface area contributed by atoms with Crippen LogP contribution in [0.1, 0.15) is 0 Å². The number of anilines is 6. The maximum absolute atomic E-state index is 2.34. The second-order valence-corrected chi connectivity index (χ2v) is 13.8. The average Bonchev–Trinajstić information content (AvgIpc) is 3.28. The minimum Gasteiger partial charge on any atom is -0.310 e. The molecule has 0 unspecified atom stereocenters. The van der Waals surface area contributed by atoms with Gasteiger partial charge in [-0.2, -0.15) is 0 Å². The highest BCUT2D eigenvalue weighted by molar-refractivity contribution is 6.00. The van der Waals surface area contributed by atoms with Crippen LogP contribution in [-0.2, 0) is 0 Å². The van der Waals surface area contributed by atoms with Crippen LogP contribution in [0, 0.1) is 0 Å². The van der Waals surface area contributed by atoms with E-state index in [0.29, 0.717) is 0 Å². The van der Waals surface area contributed by atoms with Crippen LogP contribution in [-0.4, -0.2) is 0 Å². The molecule has 0 saturated carbocycles. The first-order valence-corrected chi connectivity index (χ1v) is 19.1. The zero-order valence-corrected chi connectivity index (χ0v) is 31.0. The predicted octanol–water partition coefficient (Wildman–Crippen LogP) is 15.4. The summed E-state index contributed by atoms with van der Waals surface area (Å²) in [7, 11) is 0. The highest BCUT2D eigenvalue weighted by Gasteiger charge is 2.17. The lowest BCUT2D eigenvalue weighted by atomic mass is 10.0. The van der Waals surface area contributed by atoms with Crippen LogP contribution in [0.2, 0.25) is 0 Å². The molecule has 0 aromatic heterocycles. The molecule has 0 radical (unpaired) electrons. The van der Waals surface area contributed by atoms with Crippen molar-refractivity contribution in [1.29, 1.82) is 0 Å². The molecule has 0 amide bonds. The van der Waals surface area contributed by atoms with E-state index < -0.39 is 0 Å². The Kier molecular flexibility index (Phi) is 9.75. The van der Waals surface area contributed by atoms with E-state index in [-0.39, 0.29) is 0 Å². The summed E-state index contributed by atoms with van der Waals surface area (Å²) in [5.41, 5.74) is 9.18. The molecule has 2 nitrogen and oxygen atoms in total. The Bertz CT molecular complexity index is 2610. The first-order valence-electron chi connectivity index (χ1n) is 19.1. The van der Waals surface area contributed by atoms with E-state index >= 15 is 0 Å². The van der Waals surface area contributed by atoms with Crippen molar-refractivity contribution in [2.24, 2.45) is 0 Å². The Labute approximate surface area is 328 Å².